The summed E-state index contributed by atoms with van der Waals surface area (Å²) in [7, 11) is 2.02. The highest BCUT2D eigenvalue weighted by atomic mass is 16.5. The van der Waals surface area contributed by atoms with Crippen molar-refractivity contribution < 1.29 is 14.6 Å². The van der Waals surface area contributed by atoms with E-state index in [4.69, 9.17) is 4.74 Å². The molecule has 8 heteroatoms. The van der Waals surface area contributed by atoms with E-state index in [-0.39, 0.29) is 30.6 Å². The van der Waals surface area contributed by atoms with Crippen molar-refractivity contribution in [2.45, 2.75) is 39.5 Å². The van der Waals surface area contributed by atoms with Gasteiger partial charge in [0.2, 0.25) is 5.88 Å². The molecule has 0 radical (unpaired) electrons. The number of aryl methyl sites for hydroxylation is 1. The number of benzene rings is 1. The maximum atomic E-state index is 13.6. The van der Waals surface area contributed by atoms with Gasteiger partial charge in [-0.25, -0.2) is 15.0 Å². The fourth-order valence-corrected chi connectivity index (χ4v) is 4.46. The molecule has 2 aromatic heterocycles. The highest BCUT2D eigenvalue weighted by Gasteiger charge is 2.34. The Balaban J connectivity index is 1.67. The Hall–Kier alpha value is -3.36. The molecule has 0 saturated carbocycles. The zero-order valence-corrected chi connectivity index (χ0v) is 20.8. The number of rotatable bonds is 7. The summed E-state index contributed by atoms with van der Waals surface area (Å²) in [5, 5.41) is 9.88. The number of carbonyl (C=O) groups is 1. The molecule has 4 rings (SSSR count). The number of aliphatic hydroxyl groups excluding tert-OH is 1. The molecule has 0 bridgehead atoms. The average molecular weight is 476 g/mol. The van der Waals surface area contributed by atoms with Crippen LogP contribution in [0, 0.1) is 12.8 Å². The first kappa shape index (κ1) is 24.8. The molecule has 1 aliphatic heterocycles. The van der Waals surface area contributed by atoms with Crippen LogP contribution >= 0.6 is 0 Å². The molecule has 0 fully saturated rings. The fraction of sp³-hybridized carbons (Fsp3) is 0.407. The summed E-state index contributed by atoms with van der Waals surface area (Å²) in [5.74, 6) is 0.174. The van der Waals surface area contributed by atoms with E-state index in [1.54, 1.807) is 23.5 Å². The number of ether oxygens (including phenoxy) is 1. The van der Waals surface area contributed by atoms with Gasteiger partial charge < -0.3 is 14.7 Å². The molecule has 1 aromatic carbocycles. The van der Waals surface area contributed by atoms with E-state index in [0.717, 1.165) is 22.3 Å². The monoisotopic (exact) mass is 475 g/mol. The van der Waals surface area contributed by atoms with Crippen molar-refractivity contribution in [2.75, 3.05) is 26.7 Å². The minimum atomic E-state index is -0.321. The van der Waals surface area contributed by atoms with E-state index in [2.05, 4.69) is 26.8 Å². The van der Waals surface area contributed by atoms with Gasteiger partial charge in [0, 0.05) is 55.3 Å². The molecular formula is C27H33N5O3. The lowest BCUT2D eigenvalue weighted by Gasteiger charge is -2.37. The Morgan fingerprint density at radius 1 is 1.20 bits per heavy atom. The summed E-state index contributed by atoms with van der Waals surface area (Å²) in [5.41, 5.74) is 4.42. The molecule has 3 heterocycles. The minimum Gasteiger partial charge on any atom is -0.472 e. The van der Waals surface area contributed by atoms with E-state index in [9.17, 15) is 9.90 Å². The lowest BCUT2D eigenvalue weighted by molar-refractivity contribution is 0.0325. The van der Waals surface area contributed by atoms with Gasteiger partial charge in [0.15, 0.2) is 0 Å². The van der Waals surface area contributed by atoms with Gasteiger partial charge in [-0.05, 0) is 38.1 Å². The maximum Gasteiger partial charge on any atom is 0.259 e. The average Bonchev–Trinajstić information content (AvgIpc) is 2.86. The number of aromatic nitrogens is 3. The third-order valence-electron chi connectivity index (χ3n) is 6.54. The normalized spacial score (nSPS) is 19.0. The van der Waals surface area contributed by atoms with Crippen LogP contribution in [0.5, 0.6) is 5.88 Å². The number of likely N-dealkylation sites (N-methyl/N-ethyl adjacent to an activating group) is 1. The van der Waals surface area contributed by atoms with Gasteiger partial charge in [0.1, 0.15) is 18.0 Å². The number of hydrogen-bond donors (Lipinski definition) is 1. The zero-order valence-electron chi connectivity index (χ0n) is 20.8. The van der Waals surface area contributed by atoms with E-state index < -0.39 is 0 Å². The molecule has 1 N–H and O–H groups in total. The quantitative estimate of drug-likeness (QED) is 0.561. The second-order valence-corrected chi connectivity index (χ2v) is 9.46. The second kappa shape index (κ2) is 10.9. The molecule has 0 unspecified atom stereocenters. The Morgan fingerprint density at radius 2 is 1.94 bits per heavy atom. The van der Waals surface area contributed by atoms with E-state index in [0.29, 0.717) is 31.1 Å². The molecule has 3 aromatic rings. The van der Waals surface area contributed by atoms with Crippen molar-refractivity contribution >= 4 is 5.91 Å². The Kier molecular flexibility index (Phi) is 7.73. The van der Waals surface area contributed by atoms with E-state index >= 15 is 0 Å². The summed E-state index contributed by atoms with van der Waals surface area (Å²) in [6.45, 7) is 7.64. The minimum absolute atomic E-state index is 0.0217. The number of hydrogen-bond acceptors (Lipinski definition) is 7. The van der Waals surface area contributed by atoms with Gasteiger partial charge in [0.25, 0.3) is 5.91 Å². The number of nitrogens with zero attached hydrogens (tertiary/aromatic N) is 5. The van der Waals surface area contributed by atoms with Gasteiger partial charge >= 0.3 is 0 Å². The van der Waals surface area contributed by atoms with E-state index in [1.165, 1.54) is 6.33 Å². The Morgan fingerprint density at radius 3 is 2.66 bits per heavy atom. The molecule has 35 heavy (non-hydrogen) atoms. The van der Waals surface area contributed by atoms with Crippen molar-refractivity contribution in [1.82, 2.24) is 24.8 Å². The molecule has 0 spiro atoms. The number of pyridine rings is 1. The van der Waals surface area contributed by atoms with Gasteiger partial charge in [-0.2, -0.15) is 0 Å². The van der Waals surface area contributed by atoms with Crippen LogP contribution in [-0.2, 0) is 6.54 Å². The molecule has 0 saturated heterocycles. The molecule has 1 amide bonds. The highest BCUT2D eigenvalue weighted by Crippen LogP contribution is 2.31. The predicted molar refractivity (Wildman–Crippen MR) is 134 cm³/mol. The van der Waals surface area contributed by atoms with Crippen molar-refractivity contribution in [2.24, 2.45) is 5.92 Å². The Bertz CT molecular complexity index is 1160. The predicted octanol–water partition coefficient (Wildman–Crippen LogP) is 3.20. The van der Waals surface area contributed by atoms with Gasteiger partial charge in [-0.3, -0.25) is 9.69 Å². The van der Waals surface area contributed by atoms with Crippen molar-refractivity contribution in [3.8, 4) is 17.0 Å². The van der Waals surface area contributed by atoms with Gasteiger partial charge in [-0.1, -0.05) is 31.2 Å². The number of fused-ring (bicyclic) bond motifs is 1. The molecule has 0 aliphatic carbocycles. The van der Waals surface area contributed by atoms with Crippen LogP contribution < -0.4 is 4.74 Å². The SMILES string of the molecule is Cc1ccccc1-c1cnc2c(c1)C(=O)N([C@H](C)CO)C[C@H](C)[C@H](CN(C)Cc1cncnc1)O2. The summed E-state index contributed by atoms with van der Waals surface area (Å²) in [6.07, 6.45) is 6.69. The van der Waals surface area contributed by atoms with Crippen molar-refractivity contribution in [1.29, 1.82) is 0 Å². The maximum absolute atomic E-state index is 13.6. The number of amides is 1. The molecule has 3 atom stereocenters. The third-order valence-corrected chi connectivity index (χ3v) is 6.54. The summed E-state index contributed by atoms with van der Waals surface area (Å²) in [4.78, 5) is 30.4. The summed E-state index contributed by atoms with van der Waals surface area (Å²) < 4.78 is 6.42. The van der Waals surface area contributed by atoms with Crippen molar-refractivity contribution in [3.05, 3.63) is 71.9 Å². The summed E-state index contributed by atoms with van der Waals surface area (Å²) in [6, 6.07) is 9.57. The van der Waals surface area contributed by atoms with E-state index in [1.807, 2.05) is 51.2 Å². The van der Waals surface area contributed by atoms with Crippen molar-refractivity contribution in [3.63, 3.8) is 0 Å². The fourth-order valence-electron chi connectivity index (χ4n) is 4.46. The topological polar surface area (TPSA) is 91.7 Å². The molecule has 1 aliphatic rings. The largest absolute Gasteiger partial charge is 0.472 e. The first-order valence-corrected chi connectivity index (χ1v) is 11.9. The summed E-state index contributed by atoms with van der Waals surface area (Å²) >= 11 is 0. The van der Waals surface area contributed by atoms with Crippen LogP contribution in [0.1, 0.15) is 35.3 Å². The standard InChI is InChI=1S/C27H33N5O3/c1-18-7-5-6-8-23(18)22-9-24-26(30-12-22)35-25(15-31(4)14-21-10-28-17-29-11-21)19(2)13-32(27(24)34)20(3)16-33/h5-12,17,19-20,25,33H,13-16H2,1-4H3/t19-,20+,25-/m0/s1. The van der Waals surface area contributed by atoms with Crippen LogP contribution in [0.2, 0.25) is 0 Å². The molecule has 184 valence electrons. The molecular weight excluding hydrogens is 442 g/mol. The number of aliphatic hydroxyl groups is 1. The van der Waals surface area contributed by atoms with Gasteiger partial charge in [0.05, 0.1) is 12.6 Å². The first-order valence-electron chi connectivity index (χ1n) is 11.9. The smallest absolute Gasteiger partial charge is 0.259 e. The molecule has 8 nitrogen and oxygen atoms in total. The van der Waals surface area contributed by atoms with Crippen LogP contribution in [0.15, 0.2) is 55.2 Å². The number of carbonyl (C=O) groups excluding carboxylic acids is 1. The van der Waals surface area contributed by atoms with Gasteiger partial charge in [-0.15, -0.1) is 0 Å². The van der Waals surface area contributed by atoms with Crippen LogP contribution in [-0.4, -0.2) is 74.7 Å². The van der Waals surface area contributed by atoms with Crippen LogP contribution in [0.3, 0.4) is 0 Å². The highest BCUT2D eigenvalue weighted by molar-refractivity contribution is 5.98. The second-order valence-electron chi connectivity index (χ2n) is 9.46. The first-order chi connectivity index (χ1) is 16.9. The lowest BCUT2D eigenvalue weighted by Crippen LogP contribution is -2.49. The Labute approximate surface area is 206 Å². The lowest BCUT2D eigenvalue weighted by atomic mass is 9.98. The van der Waals surface area contributed by atoms with Crippen LogP contribution in [0.4, 0.5) is 0 Å². The zero-order chi connectivity index (χ0) is 24.9. The third kappa shape index (κ3) is 5.66. The van der Waals surface area contributed by atoms with Crippen LogP contribution in [0.25, 0.3) is 11.1 Å².